The Morgan fingerprint density at radius 2 is 1.91 bits per heavy atom. The number of hydrogen-bond donors (Lipinski definition) is 1. The van der Waals surface area contributed by atoms with Crippen LogP contribution in [0.2, 0.25) is 0 Å². The van der Waals surface area contributed by atoms with Crippen LogP contribution in [0.4, 0.5) is 0 Å². The van der Waals surface area contributed by atoms with Gasteiger partial charge in [0.2, 0.25) is 0 Å². The van der Waals surface area contributed by atoms with Gasteiger partial charge in [-0.15, -0.1) is 0 Å². The monoisotopic (exact) mass is 293 g/mol. The minimum absolute atomic E-state index is 0.0559. The molecule has 0 radical (unpaired) electrons. The molecule has 0 fully saturated rings. The summed E-state index contributed by atoms with van der Waals surface area (Å²) in [6.07, 6.45) is 3.45. The Bertz CT molecular complexity index is 834. The second kappa shape index (κ2) is 5.64. The lowest BCUT2D eigenvalue weighted by Crippen LogP contribution is -2.22. The first kappa shape index (κ1) is 14.3. The number of carbonyl (C=O) groups is 1. The van der Waals surface area contributed by atoms with Gasteiger partial charge in [-0.2, -0.15) is 0 Å². The lowest BCUT2D eigenvalue weighted by atomic mass is 10.1. The van der Waals surface area contributed by atoms with Crippen molar-refractivity contribution in [2.75, 3.05) is 0 Å². The fraction of sp³-hybridized carbons (Fsp3) is 0.222. The van der Waals surface area contributed by atoms with Gasteiger partial charge < -0.3 is 9.88 Å². The van der Waals surface area contributed by atoms with E-state index in [0.29, 0.717) is 12.1 Å². The zero-order valence-corrected chi connectivity index (χ0v) is 13.1. The summed E-state index contributed by atoms with van der Waals surface area (Å²) in [5.41, 5.74) is 5.33. The summed E-state index contributed by atoms with van der Waals surface area (Å²) in [4.78, 5) is 16.3. The van der Waals surface area contributed by atoms with Gasteiger partial charge >= 0.3 is 0 Å². The molecule has 0 aliphatic rings. The largest absolute Gasteiger partial charge is 0.348 e. The zero-order valence-electron chi connectivity index (χ0n) is 13.1. The summed E-state index contributed by atoms with van der Waals surface area (Å²) >= 11 is 0. The number of benzene rings is 1. The summed E-state index contributed by atoms with van der Waals surface area (Å²) in [7, 11) is 2.05. The highest BCUT2D eigenvalue weighted by molar-refractivity contribution is 5.99. The van der Waals surface area contributed by atoms with Gasteiger partial charge in [0.1, 0.15) is 0 Å². The van der Waals surface area contributed by atoms with Crippen LogP contribution >= 0.6 is 0 Å². The molecule has 4 nitrogen and oxygen atoms in total. The predicted molar refractivity (Wildman–Crippen MR) is 87.8 cm³/mol. The smallest absolute Gasteiger partial charge is 0.251 e. The molecule has 0 saturated carbocycles. The van der Waals surface area contributed by atoms with Gasteiger partial charge in [-0.25, -0.2) is 0 Å². The first-order valence-corrected chi connectivity index (χ1v) is 7.30. The first-order valence-electron chi connectivity index (χ1n) is 7.30. The Labute approximate surface area is 129 Å². The number of aromatic nitrogens is 2. The van der Waals surface area contributed by atoms with E-state index in [-0.39, 0.29) is 5.91 Å². The van der Waals surface area contributed by atoms with E-state index < -0.39 is 0 Å². The summed E-state index contributed by atoms with van der Waals surface area (Å²) in [6.45, 7) is 4.70. The maximum absolute atomic E-state index is 12.3. The molecule has 0 saturated heterocycles. The van der Waals surface area contributed by atoms with E-state index in [9.17, 15) is 4.79 Å². The van der Waals surface area contributed by atoms with E-state index in [1.807, 2.05) is 37.4 Å². The van der Waals surface area contributed by atoms with Crippen molar-refractivity contribution in [2.24, 2.45) is 7.05 Å². The minimum atomic E-state index is -0.0559. The quantitative estimate of drug-likeness (QED) is 0.806. The number of carbonyl (C=O) groups excluding carboxylic acids is 1. The first-order chi connectivity index (χ1) is 10.6. The normalized spacial score (nSPS) is 10.9. The second-order valence-electron chi connectivity index (χ2n) is 5.54. The van der Waals surface area contributed by atoms with Crippen LogP contribution in [0.5, 0.6) is 0 Å². The van der Waals surface area contributed by atoms with E-state index in [4.69, 9.17) is 0 Å². The Kier molecular flexibility index (Phi) is 3.67. The Morgan fingerprint density at radius 3 is 2.64 bits per heavy atom. The summed E-state index contributed by atoms with van der Waals surface area (Å²) < 4.78 is 2.16. The van der Waals surface area contributed by atoms with E-state index in [1.54, 1.807) is 12.4 Å². The second-order valence-corrected chi connectivity index (χ2v) is 5.54. The van der Waals surface area contributed by atoms with Gasteiger partial charge in [0, 0.05) is 48.1 Å². The molecule has 0 bridgehead atoms. The molecule has 0 unspecified atom stereocenters. The van der Waals surface area contributed by atoms with Crippen LogP contribution in [0.1, 0.15) is 27.2 Å². The van der Waals surface area contributed by atoms with Crippen molar-refractivity contribution in [3.05, 3.63) is 65.1 Å². The van der Waals surface area contributed by atoms with Crippen LogP contribution in [0.15, 0.2) is 42.7 Å². The third kappa shape index (κ3) is 2.48. The molecule has 112 valence electrons. The lowest BCUT2D eigenvalue weighted by Gasteiger charge is -2.06. The molecule has 4 heteroatoms. The predicted octanol–water partition coefficient (Wildman–Crippen LogP) is 3.12. The maximum Gasteiger partial charge on any atom is 0.251 e. The van der Waals surface area contributed by atoms with Crippen molar-refractivity contribution in [1.29, 1.82) is 0 Å². The molecule has 0 aliphatic carbocycles. The van der Waals surface area contributed by atoms with Gasteiger partial charge in [-0.1, -0.05) is 0 Å². The molecule has 0 atom stereocenters. The Balaban J connectivity index is 1.84. The minimum Gasteiger partial charge on any atom is -0.348 e. The summed E-state index contributed by atoms with van der Waals surface area (Å²) in [6, 6.07) is 9.65. The highest BCUT2D eigenvalue weighted by Gasteiger charge is 2.12. The van der Waals surface area contributed by atoms with Crippen LogP contribution in [0, 0.1) is 13.8 Å². The number of hydrogen-bond acceptors (Lipinski definition) is 2. The molecule has 22 heavy (non-hydrogen) atoms. The molecule has 1 amide bonds. The molecule has 2 heterocycles. The number of nitrogens with one attached hydrogen (secondary N) is 1. The highest BCUT2D eigenvalue weighted by Crippen LogP contribution is 2.25. The van der Waals surface area contributed by atoms with Crippen molar-refractivity contribution in [3.8, 4) is 0 Å². The topological polar surface area (TPSA) is 46.9 Å². The van der Waals surface area contributed by atoms with Gasteiger partial charge in [0.15, 0.2) is 0 Å². The van der Waals surface area contributed by atoms with Crippen molar-refractivity contribution in [1.82, 2.24) is 14.9 Å². The van der Waals surface area contributed by atoms with Gasteiger partial charge in [0.05, 0.1) is 0 Å². The van der Waals surface area contributed by atoms with Crippen LogP contribution in [-0.4, -0.2) is 15.5 Å². The lowest BCUT2D eigenvalue weighted by molar-refractivity contribution is 0.0951. The van der Waals surface area contributed by atoms with Gasteiger partial charge in [-0.3, -0.25) is 9.78 Å². The molecular weight excluding hydrogens is 274 g/mol. The van der Waals surface area contributed by atoms with E-state index in [2.05, 4.69) is 28.7 Å². The number of fused-ring (bicyclic) bond motifs is 1. The summed E-state index contributed by atoms with van der Waals surface area (Å²) in [5.74, 6) is -0.0559. The SMILES string of the molecule is Cc1c(C)n(C)c2ccc(C(=O)NCc3ccncc3)cc12. The van der Waals surface area contributed by atoms with Gasteiger partial charge in [-0.05, 0) is 55.3 Å². The van der Waals surface area contributed by atoms with Crippen molar-refractivity contribution in [3.63, 3.8) is 0 Å². The number of aryl methyl sites for hydroxylation is 2. The average Bonchev–Trinajstić information content (AvgIpc) is 2.78. The average molecular weight is 293 g/mol. The number of amides is 1. The molecule has 2 aromatic heterocycles. The molecule has 3 aromatic rings. The van der Waals surface area contributed by atoms with Crippen LogP contribution in [0.3, 0.4) is 0 Å². The van der Waals surface area contributed by atoms with Crippen molar-refractivity contribution >= 4 is 16.8 Å². The van der Waals surface area contributed by atoms with Crippen molar-refractivity contribution in [2.45, 2.75) is 20.4 Å². The van der Waals surface area contributed by atoms with E-state index in [0.717, 1.165) is 16.5 Å². The maximum atomic E-state index is 12.3. The van der Waals surface area contributed by atoms with Gasteiger partial charge in [0.25, 0.3) is 5.91 Å². The molecular formula is C18H19N3O. The van der Waals surface area contributed by atoms with Crippen molar-refractivity contribution < 1.29 is 4.79 Å². The molecule has 1 aromatic carbocycles. The molecule has 0 spiro atoms. The van der Waals surface area contributed by atoms with E-state index in [1.165, 1.54) is 11.3 Å². The fourth-order valence-electron chi connectivity index (χ4n) is 2.68. The number of nitrogens with zero attached hydrogens (tertiary/aromatic N) is 2. The zero-order chi connectivity index (χ0) is 15.7. The summed E-state index contributed by atoms with van der Waals surface area (Å²) in [5, 5.41) is 4.08. The Morgan fingerprint density at radius 1 is 1.18 bits per heavy atom. The standard InChI is InChI=1S/C18H19N3O/c1-12-13(2)21(3)17-5-4-15(10-16(12)17)18(22)20-11-14-6-8-19-9-7-14/h4-10H,11H2,1-3H3,(H,20,22). The van der Waals surface area contributed by atoms with Crippen LogP contribution in [-0.2, 0) is 13.6 Å². The van der Waals surface area contributed by atoms with Crippen LogP contribution < -0.4 is 5.32 Å². The number of rotatable bonds is 3. The fourth-order valence-corrected chi connectivity index (χ4v) is 2.68. The molecule has 0 aliphatic heterocycles. The third-order valence-corrected chi connectivity index (χ3v) is 4.27. The third-order valence-electron chi connectivity index (χ3n) is 4.27. The molecule has 1 N–H and O–H groups in total. The van der Waals surface area contributed by atoms with E-state index >= 15 is 0 Å². The number of pyridine rings is 1. The molecule has 3 rings (SSSR count). The Hall–Kier alpha value is -2.62. The highest BCUT2D eigenvalue weighted by atomic mass is 16.1. The van der Waals surface area contributed by atoms with Crippen LogP contribution in [0.25, 0.3) is 10.9 Å².